The summed E-state index contributed by atoms with van der Waals surface area (Å²) in [6.45, 7) is 1.60. The lowest BCUT2D eigenvalue weighted by molar-refractivity contribution is 0.0885. The van der Waals surface area contributed by atoms with Crippen LogP contribution in [-0.2, 0) is 6.42 Å². The first-order valence-corrected chi connectivity index (χ1v) is 6.92. The number of pyridine rings is 1. The zero-order valence-corrected chi connectivity index (χ0v) is 12.8. The van der Waals surface area contributed by atoms with Gasteiger partial charge in [-0.1, -0.05) is 17.7 Å². The maximum Gasteiger partial charge on any atom is 0.0845 e. The predicted molar refractivity (Wildman–Crippen MR) is 83.4 cm³/mol. The van der Waals surface area contributed by atoms with E-state index in [0.717, 1.165) is 30.8 Å². The fraction of sp³-hybridized carbons (Fsp3) is 0.500. The lowest BCUT2D eigenvalue weighted by Crippen LogP contribution is -2.20. The minimum absolute atomic E-state index is 0. The molecule has 20 heavy (non-hydrogen) atoms. The fourth-order valence-electron chi connectivity index (χ4n) is 2.11. The quantitative estimate of drug-likeness (QED) is 0.775. The molecule has 0 aliphatic carbocycles. The Morgan fingerprint density at radius 1 is 1.45 bits per heavy atom. The van der Waals surface area contributed by atoms with E-state index < -0.39 is 6.10 Å². The molecule has 0 unspecified atom stereocenters. The van der Waals surface area contributed by atoms with E-state index in [1.807, 2.05) is 6.07 Å². The van der Waals surface area contributed by atoms with Gasteiger partial charge in [0.15, 0.2) is 0 Å². The van der Waals surface area contributed by atoms with Crippen molar-refractivity contribution < 1.29 is 10.2 Å². The van der Waals surface area contributed by atoms with Gasteiger partial charge in [0.05, 0.1) is 23.4 Å². The van der Waals surface area contributed by atoms with Gasteiger partial charge in [0, 0.05) is 12.7 Å². The van der Waals surface area contributed by atoms with Gasteiger partial charge in [-0.05, 0) is 43.0 Å². The average Bonchev–Trinajstić information content (AvgIpc) is 2.45. The summed E-state index contributed by atoms with van der Waals surface area (Å²) in [6.07, 6.45) is 5.36. The minimum Gasteiger partial charge on any atom is -0.394 e. The third-order valence-corrected chi connectivity index (χ3v) is 3.53. The zero-order valence-electron chi connectivity index (χ0n) is 11.2. The Morgan fingerprint density at radius 3 is 2.85 bits per heavy atom. The number of aromatic nitrogens is 1. The van der Waals surface area contributed by atoms with Gasteiger partial charge in [0.2, 0.25) is 0 Å². The Balaban J connectivity index is 0.00000200. The maximum absolute atomic E-state index is 9.33. The Bertz CT molecular complexity index is 466. The molecule has 1 aromatic heterocycles. The number of aryl methyl sites for hydroxylation is 1. The summed E-state index contributed by atoms with van der Waals surface area (Å²) >= 11 is 6.28. The van der Waals surface area contributed by atoms with Gasteiger partial charge in [-0.25, -0.2) is 0 Å². The van der Waals surface area contributed by atoms with Crippen LogP contribution in [0.25, 0.3) is 5.57 Å². The maximum atomic E-state index is 9.33. The van der Waals surface area contributed by atoms with Crippen LogP contribution in [0.3, 0.4) is 0 Å². The highest BCUT2D eigenvalue weighted by atomic mass is 35.5. The van der Waals surface area contributed by atoms with Gasteiger partial charge < -0.3 is 15.5 Å². The van der Waals surface area contributed by atoms with E-state index in [1.165, 1.54) is 5.57 Å². The van der Waals surface area contributed by atoms with E-state index in [0.29, 0.717) is 17.9 Å². The van der Waals surface area contributed by atoms with Crippen LogP contribution < -0.4 is 5.32 Å². The normalized spacial score (nSPS) is 16.2. The van der Waals surface area contributed by atoms with Crippen molar-refractivity contribution in [3.63, 3.8) is 0 Å². The Hall–Kier alpha value is -0.650. The second kappa shape index (κ2) is 8.60. The van der Waals surface area contributed by atoms with E-state index in [4.69, 9.17) is 16.7 Å². The largest absolute Gasteiger partial charge is 0.394 e. The van der Waals surface area contributed by atoms with Gasteiger partial charge in [-0.15, -0.1) is 12.4 Å². The molecular formula is C14H20Cl2N2O2. The van der Waals surface area contributed by atoms with E-state index in [2.05, 4.69) is 16.4 Å². The molecule has 1 aliphatic heterocycles. The lowest BCUT2D eigenvalue weighted by atomic mass is 10.0. The zero-order chi connectivity index (χ0) is 13.7. The molecule has 0 saturated heterocycles. The summed E-state index contributed by atoms with van der Waals surface area (Å²) in [7, 11) is 0. The molecule has 6 heteroatoms. The summed E-state index contributed by atoms with van der Waals surface area (Å²) in [5, 5.41) is 22.0. The van der Waals surface area contributed by atoms with E-state index in [9.17, 15) is 5.11 Å². The molecule has 0 bridgehead atoms. The molecule has 0 spiro atoms. The van der Waals surface area contributed by atoms with E-state index >= 15 is 0 Å². The summed E-state index contributed by atoms with van der Waals surface area (Å²) < 4.78 is 0. The van der Waals surface area contributed by atoms with Crippen molar-refractivity contribution in [3.05, 3.63) is 34.6 Å². The van der Waals surface area contributed by atoms with Crippen LogP contribution in [-0.4, -0.2) is 41.0 Å². The monoisotopic (exact) mass is 318 g/mol. The summed E-state index contributed by atoms with van der Waals surface area (Å²) in [5.41, 5.74) is 3.02. The van der Waals surface area contributed by atoms with Crippen LogP contribution >= 0.6 is 24.0 Å². The van der Waals surface area contributed by atoms with Gasteiger partial charge in [-0.3, -0.25) is 4.98 Å². The highest BCUT2D eigenvalue weighted by Gasteiger charge is 2.12. The first kappa shape index (κ1) is 17.4. The highest BCUT2D eigenvalue weighted by Crippen LogP contribution is 2.26. The topological polar surface area (TPSA) is 65.4 Å². The van der Waals surface area contributed by atoms with Crippen molar-refractivity contribution in [1.29, 1.82) is 0 Å². The molecule has 3 N–H and O–H groups in total. The summed E-state index contributed by atoms with van der Waals surface area (Å²) in [6, 6.07) is 1.90. The van der Waals surface area contributed by atoms with Crippen LogP contribution in [0.2, 0.25) is 5.02 Å². The van der Waals surface area contributed by atoms with Crippen molar-refractivity contribution in [3.8, 4) is 0 Å². The first-order chi connectivity index (χ1) is 9.20. The number of hydrogen-bond acceptors (Lipinski definition) is 4. The average molecular weight is 319 g/mol. The second-order valence-electron chi connectivity index (χ2n) is 4.73. The number of aliphatic hydroxyl groups is 2. The highest BCUT2D eigenvalue weighted by molar-refractivity contribution is 6.32. The SMILES string of the molecule is Cl.OC[C@@H](O)CCc1cnc(C2=CCNCC2)c(Cl)c1. The Morgan fingerprint density at radius 2 is 2.25 bits per heavy atom. The molecule has 0 amide bonds. The van der Waals surface area contributed by atoms with E-state index in [1.54, 1.807) is 6.20 Å². The van der Waals surface area contributed by atoms with Crippen molar-refractivity contribution in [2.24, 2.45) is 0 Å². The Labute approximate surface area is 130 Å². The smallest absolute Gasteiger partial charge is 0.0845 e. The minimum atomic E-state index is -0.675. The molecule has 1 atom stereocenters. The van der Waals surface area contributed by atoms with Crippen molar-refractivity contribution in [1.82, 2.24) is 10.3 Å². The third kappa shape index (κ3) is 4.72. The predicted octanol–water partition coefficient (Wildman–Crippen LogP) is 1.82. The molecule has 1 aromatic rings. The molecule has 4 nitrogen and oxygen atoms in total. The summed E-state index contributed by atoms with van der Waals surface area (Å²) in [4.78, 5) is 4.43. The lowest BCUT2D eigenvalue weighted by Gasteiger charge is -2.15. The Kier molecular flexibility index (Phi) is 7.48. The molecule has 0 radical (unpaired) electrons. The van der Waals surface area contributed by atoms with Gasteiger partial charge in [0.1, 0.15) is 0 Å². The first-order valence-electron chi connectivity index (χ1n) is 6.54. The molecule has 0 saturated carbocycles. The molecule has 0 aromatic carbocycles. The fourth-order valence-corrected chi connectivity index (χ4v) is 2.42. The standard InChI is InChI=1S/C14H19ClN2O2.ClH/c15-13-7-10(1-2-12(19)9-18)8-17-14(13)11-3-5-16-6-4-11;/h3,7-8,12,16,18-19H,1-2,4-6,9H2;1H/t12-;/m0./s1. The second-order valence-corrected chi connectivity index (χ2v) is 5.14. The van der Waals surface area contributed by atoms with E-state index in [-0.39, 0.29) is 19.0 Å². The van der Waals surface area contributed by atoms with Crippen molar-refractivity contribution >= 4 is 29.6 Å². The number of hydrogen-bond donors (Lipinski definition) is 3. The van der Waals surface area contributed by atoms with Crippen LogP contribution in [0.5, 0.6) is 0 Å². The van der Waals surface area contributed by atoms with Gasteiger partial charge in [-0.2, -0.15) is 0 Å². The van der Waals surface area contributed by atoms with Crippen molar-refractivity contribution in [2.45, 2.75) is 25.4 Å². The van der Waals surface area contributed by atoms with Crippen LogP contribution in [0.4, 0.5) is 0 Å². The molecular weight excluding hydrogens is 299 g/mol. The molecule has 2 rings (SSSR count). The van der Waals surface area contributed by atoms with Gasteiger partial charge >= 0.3 is 0 Å². The molecule has 0 fully saturated rings. The third-order valence-electron chi connectivity index (χ3n) is 3.24. The number of halogens is 2. The van der Waals surface area contributed by atoms with Crippen LogP contribution in [0.1, 0.15) is 24.1 Å². The van der Waals surface area contributed by atoms with Crippen LogP contribution in [0, 0.1) is 0 Å². The molecule has 2 heterocycles. The van der Waals surface area contributed by atoms with Crippen LogP contribution in [0.15, 0.2) is 18.3 Å². The number of nitrogens with one attached hydrogen (secondary N) is 1. The molecule has 112 valence electrons. The van der Waals surface area contributed by atoms with Gasteiger partial charge in [0.25, 0.3) is 0 Å². The molecule has 1 aliphatic rings. The number of nitrogens with zero attached hydrogens (tertiary/aromatic N) is 1. The number of rotatable bonds is 5. The summed E-state index contributed by atoms with van der Waals surface area (Å²) in [5.74, 6) is 0. The van der Waals surface area contributed by atoms with Crippen molar-refractivity contribution in [2.75, 3.05) is 19.7 Å². The number of aliphatic hydroxyl groups excluding tert-OH is 2.